The largest absolute Gasteiger partial charge is 0.342 e. The fraction of sp³-hybridized carbons (Fsp3) is 0.929. The second kappa shape index (κ2) is 4.27. The molecule has 0 radical (unpaired) electrons. The first-order chi connectivity index (χ1) is 8.19. The van der Waals surface area contributed by atoms with E-state index in [4.69, 9.17) is 5.73 Å². The van der Waals surface area contributed by atoms with Crippen LogP contribution in [0, 0.1) is 29.6 Å². The van der Waals surface area contributed by atoms with E-state index in [0.29, 0.717) is 23.7 Å². The van der Waals surface area contributed by atoms with Crippen LogP contribution in [0.25, 0.3) is 0 Å². The molecule has 0 spiro atoms. The fourth-order valence-electron chi connectivity index (χ4n) is 3.83. The van der Waals surface area contributed by atoms with Gasteiger partial charge >= 0.3 is 0 Å². The number of carbonyl (C=O) groups excluding carboxylic acids is 1. The van der Waals surface area contributed by atoms with E-state index in [-0.39, 0.29) is 0 Å². The van der Waals surface area contributed by atoms with Crippen molar-refractivity contribution in [3.8, 4) is 0 Å². The summed E-state index contributed by atoms with van der Waals surface area (Å²) in [5.74, 6) is 3.79. The lowest BCUT2D eigenvalue weighted by molar-refractivity contribution is -0.138. The Morgan fingerprint density at radius 2 is 2.00 bits per heavy atom. The molecule has 2 aliphatic carbocycles. The minimum absolute atomic E-state index is 0.352. The van der Waals surface area contributed by atoms with E-state index >= 15 is 0 Å². The topological polar surface area (TPSA) is 46.3 Å². The van der Waals surface area contributed by atoms with Gasteiger partial charge in [0.1, 0.15) is 0 Å². The molecule has 2 saturated carbocycles. The van der Waals surface area contributed by atoms with Crippen molar-refractivity contribution in [2.75, 3.05) is 19.6 Å². The standard InChI is InChI=1S/C14H24N2O/c1-9-2-3-16(8-13(9)7-15)14(17)12-5-10-4-11(10)6-12/h9-13H,2-8,15H2,1H3. The molecule has 0 bridgehead atoms. The number of hydrogen-bond donors (Lipinski definition) is 1. The zero-order chi connectivity index (χ0) is 12.0. The number of carbonyl (C=O) groups is 1. The first kappa shape index (κ1) is 11.5. The van der Waals surface area contributed by atoms with Crippen LogP contribution < -0.4 is 5.73 Å². The second-order valence-electron chi connectivity index (χ2n) is 6.47. The molecule has 0 aromatic heterocycles. The molecule has 17 heavy (non-hydrogen) atoms. The Labute approximate surface area is 104 Å². The summed E-state index contributed by atoms with van der Waals surface area (Å²) in [4.78, 5) is 14.5. The summed E-state index contributed by atoms with van der Waals surface area (Å²) < 4.78 is 0. The van der Waals surface area contributed by atoms with Gasteiger partial charge in [0.25, 0.3) is 0 Å². The van der Waals surface area contributed by atoms with Gasteiger partial charge in [-0.15, -0.1) is 0 Å². The van der Waals surface area contributed by atoms with E-state index in [1.807, 2.05) is 0 Å². The van der Waals surface area contributed by atoms with E-state index in [2.05, 4.69) is 11.8 Å². The summed E-state index contributed by atoms with van der Waals surface area (Å²) >= 11 is 0. The van der Waals surface area contributed by atoms with Gasteiger partial charge in [-0.05, 0) is 55.9 Å². The zero-order valence-electron chi connectivity index (χ0n) is 10.8. The quantitative estimate of drug-likeness (QED) is 0.789. The van der Waals surface area contributed by atoms with Gasteiger partial charge in [-0.1, -0.05) is 6.92 Å². The third-order valence-corrected chi connectivity index (χ3v) is 5.32. The van der Waals surface area contributed by atoms with Gasteiger partial charge < -0.3 is 10.6 Å². The van der Waals surface area contributed by atoms with E-state index in [1.165, 1.54) is 19.3 Å². The van der Waals surface area contributed by atoms with Gasteiger partial charge in [-0.3, -0.25) is 4.79 Å². The molecule has 3 aliphatic rings. The van der Waals surface area contributed by atoms with Crippen LogP contribution in [0.1, 0.15) is 32.6 Å². The molecular weight excluding hydrogens is 212 g/mol. The van der Waals surface area contributed by atoms with Crippen LogP contribution in [-0.4, -0.2) is 30.4 Å². The maximum Gasteiger partial charge on any atom is 0.225 e. The summed E-state index contributed by atoms with van der Waals surface area (Å²) in [5, 5.41) is 0. The maximum atomic E-state index is 12.4. The van der Waals surface area contributed by atoms with Crippen LogP contribution in [0.4, 0.5) is 0 Å². The molecule has 1 aliphatic heterocycles. The number of rotatable bonds is 2. The summed E-state index contributed by atoms with van der Waals surface area (Å²) in [6, 6.07) is 0. The molecule has 3 heteroatoms. The number of likely N-dealkylation sites (tertiary alicyclic amines) is 1. The molecule has 96 valence electrons. The third kappa shape index (κ3) is 2.10. The van der Waals surface area contributed by atoms with Crippen molar-refractivity contribution in [1.82, 2.24) is 4.90 Å². The van der Waals surface area contributed by atoms with Crippen molar-refractivity contribution in [1.29, 1.82) is 0 Å². The molecule has 3 rings (SSSR count). The molecule has 4 unspecified atom stereocenters. The fourth-order valence-corrected chi connectivity index (χ4v) is 3.83. The summed E-state index contributed by atoms with van der Waals surface area (Å²) in [7, 11) is 0. The van der Waals surface area contributed by atoms with Crippen LogP contribution in [0.3, 0.4) is 0 Å². The van der Waals surface area contributed by atoms with Crippen LogP contribution in [0.15, 0.2) is 0 Å². The van der Waals surface area contributed by atoms with Crippen molar-refractivity contribution in [2.45, 2.75) is 32.6 Å². The lowest BCUT2D eigenvalue weighted by atomic mass is 9.86. The first-order valence-electron chi connectivity index (χ1n) is 7.18. The van der Waals surface area contributed by atoms with Crippen LogP contribution in [0.2, 0.25) is 0 Å². The van der Waals surface area contributed by atoms with Gasteiger partial charge in [0.15, 0.2) is 0 Å². The minimum atomic E-state index is 0.352. The average Bonchev–Trinajstić information content (AvgIpc) is 2.96. The molecular formula is C14H24N2O. The van der Waals surface area contributed by atoms with Crippen LogP contribution >= 0.6 is 0 Å². The van der Waals surface area contributed by atoms with Crippen molar-refractivity contribution >= 4 is 5.91 Å². The maximum absolute atomic E-state index is 12.4. The second-order valence-corrected chi connectivity index (χ2v) is 6.47. The Morgan fingerprint density at radius 1 is 1.29 bits per heavy atom. The number of amides is 1. The smallest absolute Gasteiger partial charge is 0.225 e. The Balaban J connectivity index is 1.58. The van der Waals surface area contributed by atoms with Gasteiger partial charge in [0.05, 0.1) is 0 Å². The van der Waals surface area contributed by atoms with Crippen molar-refractivity contribution in [3.05, 3.63) is 0 Å². The molecule has 1 amide bonds. The van der Waals surface area contributed by atoms with Crippen molar-refractivity contribution in [3.63, 3.8) is 0 Å². The molecule has 1 heterocycles. The Bertz CT molecular complexity index is 307. The third-order valence-electron chi connectivity index (χ3n) is 5.32. The zero-order valence-corrected chi connectivity index (χ0v) is 10.8. The summed E-state index contributed by atoms with van der Waals surface area (Å²) in [6.45, 7) is 4.86. The molecule has 3 nitrogen and oxygen atoms in total. The lowest BCUT2D eigenvalue weighted by Crippen LogP contribution is -2.47. The van der Waals surface area contributed by atoms with Gasteiger partial charge in [0.2, 0.25) is 5.91 Å². The van der Waals surface area contributed by atoms with E-state index in [9.17, 15) is 4.79 Å². The number of hydrogen-bond acceptors (Lipinski definition) is 2. The van der Waals surface area contributed by atoms with Gasteiger partial charge in [-0.25, -0.2) is 0 Å². The highest BCUT2D eigenvalue weighted by Gasteiger charge is 2.49. The predicted molar refractivity (Wildman–Crippen MR) is 67.2 cm³/mol. The number of fused-ring (bicyclic) bond motifs is 1. The molecule has 4 atom stereocenters. The first-order valence-corrected chi connectivity index (χ1v) is 7.18. The number of nitrogens with two attached hydrogens (primary N) is 1. The minimum Gasteiger partial charge on any atom is -0.342 e. The SMILES string of the molecule is CC1CCN(C(=O)C2CC3CC3C2)CC1CN. The normalized spacial score (nSPS) is 44.6. The highest BCUT2D eigenvalue weighted by atomic mass is 16.2. The van der Waals surface area contributed by atoms with Gasteiger partial charge in [-0.2, -0.15) is 0 Å². The Morgan fingerprint density at radius 3 is 2.65 bits per heavy atom. The molecule has 3 fully saturated rings. The molecule has 0 aromatic carbocycles. The van der Waals surface area contributed by atoms with E-state index < -0.39 is 0 Å². The van der Waals surface area contributed by atoms with Crippen LogP contribution in [-0.2, 0) is 4.79 Å². The Kier molecular flexibility index (Phi) is 2.89. The predicted octanol–water partition coefficient (Wildman–Crippen LogP) is 1.48. The summed E-state index contributed by atoms with van der Waals surface area (Å²) in [5.41, 5.74) is 5.80. The van der Waals surface area contributed by atoms with Crippen molar-refractivity contribution < 1.29 is 4.79 Å². The van der Waals surface area contributed by atoms with Crippen molar-refractivity contribution in [2.24, 2.45) is 35.3 Å². The lowest BCUT2D eigenvalue weighted by Gasteiger charge is -2.38. The van der Waals surface area contributed by atoms with Gasteiger partial charge in [0, 0.05) is 19.0 Å². The molecule has 2 N–H and O–H groups in total. The average molecular weight is 236 g/mol. The highest BCUT2D eigenvalue weighted by molar-refractivity contribution is 5.79. The number of nitrogens with zero attached hydrogens (tertiary/aromatic N) is 1. The number of piperidine rings is 1. The van der Waals surface area contributed by atoms with E-state index in [0.717, 1.165) is 37.9 Å². The molecule has 1 saturated heterocycles. The monoisotopic (exact) mass is 236 g/mol. The summed E-state index contributed by atoms with van der Waals surface area (Å²) in [6.07, 6.45) is 4.87. The van der Waals surface area contributed by atoms with E-state index in [1.54, 1.807) is 0 Å². The molecule has 0 aromatic rings. The highest BCUT2D eigenvalue weighted by Crippen LogP contribution is 2.54. The Hall–Kier alpha value is -0.570. The van der Waals surface area contributed by atoms with Crippen LogP contribution in [0.5, 0.6) is 0 Å².